The molecule has 2 nitrogen and oxygen atoms in total. The van der Waals surface area contributed by atoms with E-state index in [9.17, 15) is 22.8 Å². The summed E-state index contributed by atoms with van der Waals surface area (Å²) in [6.07, 6.45) is -6.16. The second-order valence-corrected chi connectivity index (χ2v) is 3.74. The van der Waals surface area contributed by atoms with Crippen molar-refractivity contribution in [2.24, 2.45) is 0 Å². The van der Waals surface area contributed by atoms with Crippen LogP contribution in [0.2, 0.25) is 0 Å². The van der Waals surface area contributed by atoms with E-state index in [-0.39, 0.29) is 6.42 Å². The van der Waals surface area contributed by atoms with Gasteiger partial charge in [0, 0.05) is 6.42 Å². The molecule has 5 heteroatoms. The monoisotopic (exact) mass is 244 g/mol. The molecule has 0 aliphatic heterocycles. The average Bonchev–Trinajstić information content (AvgIpc) is 2.20. The highest BCUT2D eigenvalue weighted by Gasteiger charge is 2.38. The Balaban J connectivity index is 2.63. The molecule has 0 unspecified atom stereocenters. The molecule has 0 aliphatic carbocycles. The molecule has 92 valence electrons. The molecule has 0 bridgehead atoms. The molecule has 0 radical (unpaired) electrons. The predicted octanol–water partition coefficient (Wildman–Crippen LogP) is 2.63. The largest absolute Gasteiger partial charge is 0.450 e. The Hall–Kier alpha value is -1.65. The second-order valence-electron chi connectivity index (χ2n) is 3.74. The lowest BCUT2D eigenvalue weighted by Crippen LogP contribution is -2.25. The van der Waals surface area contributed by atoms with Crippen molar-refractivity contribution in [1.82, 2.24) is 0 Å². The van der Waals surface area contributed by atoms with Crippen LogP contribution in [0.4, 0.5) is 13.2 Å². The van der Waals surface area contributed by atoms with E-state index in [1.165, 1.54) is 0 Å². The second kappa shape index (κ2) is 5.12. The number of halogens is 3. The molecule has 0 saturated heterocycles. The minimum Gasteiger partial charge on any atom is -0.299 e. The van der Waals surface area contributed by atoms with Crippen LogP contribution in [0.15, 0.2) is 24.3 Å². The van der Waals surface area contributed by atoms with E-state index >= 15 is 0 Å². The molecule has 0 spiro atoms. The third-order valence-corrected chi connectivity index (χ3v) is 2.32. The number of benzene rings is 1. The first-order valence-corrected chi connectivity index (χ1v) is 4.97. The van der Waals surface area contributed by atoms with Crippen LogP contribution >= 0.6 is 0 Å². The summed E-state index contributed by atoms with van der Waals surface area (Å²) < 4.78 is 35.8. The minimum atomic E-state index is -4.93. The molecule has 0 saturated carbocycles. The Kier molecular flexibility index (Phi) is 4.04. The van der Waals surface area contributed by atoms with Gasteiger partial charge in [-0.25, -0.2) is 0 Å². The zero-order valence-corrected chi connectivity index (χ0v) is 9.17. The van der Waals surface area contributed by atoms with E-state index in [0.29, 0.717) is 5.56 Å². The summed E-state index contributed by atoms with van der Waals surface area (Å²) in [4.78, 5) is 21.9. The Morgan fingerprint density at radius 3 is 2.29 bits per heavy atom. The summed E-state index contributed by atoms with van der Waals surface area (Å²) in [5, 5.41) is 0. The van der Waals surface area contributed by atoms with Gasteiger partial charge in [-0.3, -0.25) is 9.59 Å². The first kappa shape index (κ1) is 13.4. The van der Waals surface area contributed by atoms with Gasteiger partial charge < -0.3 is 0 Å². The highest BCUT2D eigenvalue weighted by molar-refractivity contribution is 6.02. The van der Waals surface area contributed by atoms with Gasteiger partial charge in [-0.05, 0) is 18.1 Å². The van der Waals surface area contributed by atoms with Crippen LogP contribution in [-0.4, -0.2) is 17.7 Å². The number of hydrogen-bond donors (Lipinski definition) is 0. The molecule has 17 heavy (non-hydrogen) atoms. The van der Waals surface area contributed by atoms with Crippen LogP contribution in [0.25, 0.3) is 0 Å². The number of carbonyl (C=O) groups is 2. The molecular formula is C12H11F3O2. The van der Waals surface area contributed by atoms with Crippen molar-refractivity contribution in [1.29, 1.82) is 0 Å². The lowest BCUT2D eigenvalue weighted by molar-refractivity contribution is -0.171. The zero-order valence-electron chi connectivity index (χ0n) is 9.17. The summed E-state index contributed by atoms with van der Waals surface area (Å²) in [5.41, 5.74) is 1.47. The number of alkyl halides is 3. The van der Waals surface area contributed by atoms with Crippen LogP contribution in [-0.2, 0) is 16.0 Å². The Labute approximate surface area is 96.4 Å². The normalized spacial score (nSPS) is 11.3. The highest BCUT2D eigenvalue weighted by Crippen LogP contribution is 2.18. The van der Waals surface area contributed by atoms with Crippen LogP contribution in [0.3, 0.4) is 0 Å². The van der Waals surface area contributed by atoms with Crippen LogP contribution in [0.5, 0.6) is 0 Å². The number of Topliss-reactive ketones (excluding diaryl/α,β-unsaturated/α-hetero) is 2. The smallest absolute Gasteiger partial charge is 0.299 e. The van der Waals surface area contributed by atoms with Gasteiger partial charge in [-0.15, -0.1) is 0 Å². The van der Waals surface area contributed by atoms with Gasteiger partial charge in [-0.1, -0.05) is 24.3 Å². The molecule has 0 aromatic heterocycles. The van der Waals surface area contributed by atoms with Gasteiger partial charge in [0.1, 0.15) is 5.78 Å². The molecule has 1 aromatic rings. The predicted molar refractivity (Wildman–Crippen MR) is 55.6 cm³/mol. The van der Waals surface area contributed by atoms with Gasteiger partial charge in [0.15, 0.2) is 0 Å². The number of ketones is 2. The maximum atomic E-state index is 11.9. The quantitative estimate of drug-likeness (QED) is 0.763. The van der Waals surface area contributed by atoms with E-state index in [4.69, 9.17) is 0 Å². The topological polar surface area (TPSA) is 34.1 Å². The standard InChI is InChI=1S/C12H11F3O2/c1-8-4-2-3-5-9(8)6-10(16)7-11(17)12(13,14)15/h2-5H,6-7H2,1H3. The molecule has 0 heterocycles. The fraction of sp³-hybridized carbons (Fsp3) is 0.333. The van der Waals surface area contributed by atoms with Crippen LogP contribution in [0.1, 0.15) is 17.5 Å². The first-order valence-electron chi connectivity index (χ1n) is 4.97. The van der Waals surface area contributed by atoms with Gasteiger partial charge in [0.05, 0.1) is 6.42 Å². The number of aryl methyl sites for hydroxylation is 1. The SMILES string of the molecule is Cc1ccccc1CC(=O)CC(=O)C(F)(F)F. The summed E-state index contributed by atoms with van der Waals surface area (Å²) in [6.45, 7) is 1.76. The van der Waals surface area contributed by atoms with Crippen molar-refractivity contribution in [3.05, 3.63) is 35.4 Å². The Morgan fingerprint density at radius 2 is 1.76 bits per heavy atom. The van der Waals surface area contributed by atoms with Crippen molar-refractivity contribution < 1.29 is 22.8 Å². The highest BCUT2D eigenvalue weighted by atomic mass is 19.4. The fourth-order valence-electron chi connectivity index (χ4n) is 1.36. The Morgan fingerprint density at radius 1 is 1.18 bits per heavy atom. The molecule has 0 aliphatic rings. The average molecular weight is 244 g/mol. The van der Waals surface area contributed by atoms with Crippen LogP contribution < -0.4 is 0 Å². The summed E-state index contributed by atoms with van der Waals surface area (Å²) in [6, 6.07) is 6.88. The maximum absolute atomic E-state index is 11.9. The molecule has 0 fully saturated rings. The fourth-order valence-corrected chi connectivity index (χ4v) is 1.36. The van der Waals surface area contributed by atoms with E-state index in [0.717, 1.165) is 5.56 Å². The van der Waals surface area contributed by atoms with Crippen molar-refractivity contribution in [3.63, 3.8) is 0 Å². The third kappa shape index (κ3) is 4.01. The van der Waals surface area contributed by atoms with E-state index in [2.05, 4.69) is 0 Å². The minimum absolute atomic E-state index is 0.144. The summed E-state index contributed by atoms with van der Waals surface area (Å²) >= 11 is 0. The number of hydrogen-bond acceptors (Lipinski definition) is 2. The van der Waals surface area contributed by atoms with E-state index in [1.807, 2.05) is 0 Å². The van der Waals surface area contributed by atoms with Crippen molar-refractivity contribution in [3.8, 4) is 0 Å². The molecule has 1 rings (SSSR count). The van der Waals surface area contributed by atoms with E-state index in [1.54, 1.807) is 31.2 Å². The van der Waals surface area contributed by atoms with Gasteiger partial charge >= 0.3 is 6.18 Å². The maximum Gasteiger partial charge on any atom is 0.450 e. The summed E-state index contributed by atoms with van der Waals surface area (Å²) in [7, 11) is 0. The number of rotatable bonds is 4. The van der Waals surface area contributed by atoms with Gasteiger partial charge in [-0.2, -0.15) is 13.2 Å². The molecular weight excluding hydrogens is 233 g/mol. The lowest BCUT2D eigenvalue weighted by Gasteiger charge is -2.06. The zero-order chi connectivity index (χ0) is 13.1. The van der Waals surface area contributed by atoms with Gasteiger partial charge in [0.25, 0.3) is 0 Å². The summed E-state index contributed by atoms with van der Waals surface area (Å²) in [5.74, 6) is -2.71. The van der Waals surface area contributed by atoms with Crippen molar-refractivity contribution in [2.45, 2.75) is 25.9 Å². The third-order valence-electron chi connectivity index (χ3n) is 2.32. The number of carbonyl (C=O) groups excluding carboxylic acids is 2. The van der Waals surface area contributed by atoms with Crippen molar-refractivity contribution in [2.75, 3.05) is 0 Å². The molecule has 0 amide bonds. The Bertz CT molecular complexity index is 436. The van der Waals surface area contributed by atoms with Crippen LogP contribution in [0, 0.1) is 6.92 Å². The first-order chi connectivity index (χ1) is 7.80. The van der Waals surface area contributed by atoms with E-state index < -0.39 is 24.2 Å². The van der Waals surface area contributed by atoms with Crippen molar-refractivity contribution >= 4 is 11.6 Å². The molecule has 0 atom stereocenters. The lowest BCUT2D eigenvalue weighted by atomic mass is 10.0. The molecule has 0 N–H and O–H groups in total. The molecule has 1 aromatic carbocycles. The van der Waals surface area contributed by atoms with Gasteiger partial charge in [0.2, 0.25) is 5.78 Å².